The summed E-state index contributed by atoms with van der Waals surface area (Å²) < 4.78 is 16.9. The first-order chi connectivity index (χ1) is 32.6. The summed E-state index contributed by atoms with van der Waals surface area (Å²) in [6.07, 6.45) is 55.3. The number of carbonyl (C=O) groups excluding carboxylic acids is 3. The average Bonchev–Trinajstić information content (AvgIpc) is 3.29. The Kier molecular flexibility index (Phi) is 51.0. The van der Waals surface area contributed by atoms with Crippen molar-refractivity contribution in [3.63, 3.8) is 0 Å². The molecule has 6 heteroatoms. The van der Waals surface area contributed by atoms with E-state index in [0.29, 0.717) is 19.3 Å². The first-order valence-electron chi connectivity index (χ1n) is 30.1. The predicted molar refractivity (Wildman–Crippen MR) is 289 cm³/mol. The van der Waals surface area contributed by atoms with Gasteiger partial charge in [0.15, 0.2) is 6.10 Å². The standard InChI is InChI=1S/C61H118O6/c1-55(2)47-41-35-29-23-17-13-11-9-7-8-10-12-14-20-26-32-38-44-50-59(62)65-53-58(67-61(64)52-46-40-34-28-22-16-19-25-31-37-43-49-57(5)6)54-66-60(63)51-45-39-33-27-21-15-18-24-30-36-42-48-56(3)4/h55-58H,7-54H2,1-6H3/t58-/m0/s1. The van der Waals surface area contributed by atoms with Gasteiger partial charge in [-0.15, -0.1) is 0 Å². The molecule has 0 rings (SSSR count). The first-order valence-corrected chi connectivity index (χ1v) is 30.1. The van der Waals surface area contributed by atoms with E-state index in [1.165, 1.54) is 218 Å². The van der Waals surface area contributed by atoms with Crippen LogP contribution in [0.1, 0.15) is 337 Å². The lowest BCUT2D eigenvalue weighted by molar-refractivity contribution is -0.167. The van der Waals surface area contributed by atoms with E-state index in [1.807, 2.05) is 0 Å². The van der Waals surface area contributed by atoms with Crippen molar-refractivity contribution in [2.24, 2.45) is 17.8 Å². The summed E-state index contributed by atoms with van der Waals surface area (Å²) in [5.74, 6) is 1.67. The molecule has 398 valence electrons. The molecule has 0 aromatic heterocycles. The van der Waals surface area contributed by atoms with Gasteiger partial charge in [-0.1, -0.05) is 298 Å². The van der Waals surface area contributed by atoms with Crippen molar-refractivity contribution in [3.05, 3.63) is 0 Å². The molecule has 0 bridgehead atoms. The molecule has 0 aromatic rings. The molecular formula is C61H118O6. The predicted octanol–water partition coefficient (Wildman–Crippen LogP) is 19.9. The number of carbonyl (C=O) groups is 3. The highest BCUT2D eigenvalue weighted by molar-refractivity contribution is 5.71. The van der Waals surface area contributed by atoms with E-state index in [0.717, 1.165) is 75.5 Å². The van der Waals surface area contributed by atoms with E-state index in [1.54, 1.807) is 0 Å². The van der Waals surface area contributed by atoms with Gasteiger partial charge in [-0.25, -0.2) is 0 Å². The van der Waals surface area contributed by atoms with Crippen molar-refractivity contribution >= 4 is 17.9 Å². The minimum absolute atomic E-state index is 0.0633. The monoisotopic (exact) mass is 947 g/mol. The molecule has 0 aliphatic carbocycles. The molecular weight excluding hydrogens is 829 g/mol. The molecule has 0 radical (unpaired) electrons. The molecule has 0 fully saturated rings. The Labute approximate surface area is 418 Å². The normalized spacial score (nSPS) is 12.1. The van der Waals surface area contributed by atoms with Crippen LogP contribution in [-0.2, 0) is 28.6 Å². The second-order valence-corrected chi connectivity index (χ2v) is 22.4. The Morgan fingerprint density at radius 1 is 0.254 bits per heavy atom. The first kappa shape index (κ1) is 65.4. The van der Waals surface area contributed by atoms with Gasteiger partial charge in [0.1, 0.15) is 13.2 Å². The highest BCUT2D eigenvalue weighted by Crippen LogP contribution is 2.19. The fourth-order valence-electron chi connectivity index (χ4n) is 9.35. The highest BCUT2D eigenvalue weighted by Gasteiger charge is 2.19. The second-order valence-electron chi connectivity index (χ2n) is 22.4. The molecule has 6 nitrogen and oxygen atoms in total. The van der Waals surface area contributed by atoms with Gasteiger partial charge in [-0.2, -0.15) is 0 Å². The summed E-state index contributed by atoms with van der Waals surface area (Å²) in [7, 11) is 0. The largest absolute Gasteiger partial charge is 0.462 e. The Morgan fingerprint density at radius 2 is 0.433 bits per heavy atom. The van der Waals surface area contributed by atoms with Gasteiger partial charge < -0.3 is 14.2 Å². The van der Waals surface area contributed by atoms with Gasteiger partial charge in [0.25, 0.3) is 0 Å². The van der Waals surface area contributed by atoms with Crippen molar-refractivity contribution in [3.8, 4) is 0 Å². The Balaban J connectivity index is 4.25. The van der Waals surface area contributed by atoms with Crippen LogP contribution in [0.4, 0.5) is 0 Å². The average molecular weight is 948 g/mol. The van der Waals surface area contributed by atoms with Crippen molar-refractivity contribution in [2.75, 3.05) is 13.2 Å². The van der Waals surface area contributed by atoms with Crippen LogP contribution in [0, 0.1) is 17.8 Å². The molecule has 0 saturated carbocycles. The molecule has 0 aliphatic rings. The molecule has 0 aliphatic heterocycles. The van der Waals surface area contributed by atoms with Crippen LogP contribution in [0.15, 0.2) is 0 Å². The lowest BCUT2D eigenvalue weighted by Gasteiger charge is -2.18. The molecule has 0 unspecified atom stereocenters. The van der Waals surface area contributed by atoms with Crippen LogP contribution in [0.25, 0.3) is 0 Å². The second kappa shape index (κ2) is 52.2. The number of esters is 3. The van der Waals surface area contributed by atoms with Crippen molar-refractivity contribution < 1.29 is 28.6 Å². The van der Waals surface area contributed by atoms with Crippen molar-refractivity contribution in [1.82, 2.24) is 0 Å². The molecule has 0 saturated heterocycles. The van der Waals surface area contributed by atoms with Crippen LogP contribution in [0.5, 0.6) is 0 Å². The SMILES string of the molecule is CC(C)CCCCCCCCCCCCCCCCCCCCC(=O)OC[C@@H](COC(=O)CCCCCCCCCCCCCC(C)C)OC(=O)CCCCCCCCCCCCCC(C)C. The molecule has 0 N–H and O–H groups in total. The highest BCUT2D eigenvalue weighted by atomic mass is 16.6. The maximum Gasteiger partial charge on any atom is 0.306 e. The summed E-state index contributed by atoms with van der Waals surface area (Å²) in [6, 6.07) is 0. The van der Waals surface area contributed by atoms with Gasteiger partial charge >= 0.3 is 17.9 Å². The minimum Gasteiger partial charge on any atom is -0.462 e. The van der Waals surface area contributed by atoms with Crippen LogP contribution < -0.4 is 0 Å². The summed E-state index contributed by atoms with van der Waals surface area (Å²) >= 11 is 0. The lowest BCUT2D eigenvalue weighted by Crippen LogP contribution is -2.30. The summed E-state index contributed by atoms with van der Waals surface area (Å²) in [4.78, 5) is 38.2. The number of unbranched alkanes of at least 4 members (excludes halogenated alkanes) is 37. The molecule has 1 atom stereocenters. The van der Waals surface area contributed by atoms with E-state index in [-0.39, 0.29) is 31.1 Å². The van der Waals surface area contributed by atoms with Crippen molar-refractivity contribution in [1.29, 1.82) is 0 Å². The molecule has 0 amide bonds. The van der Waals surface area contributed by atoms with E-state index < -0.39 is 6.10 Å². The number of rotatable bonds is 54. The fraction of sp³-hybridized carbons (Fsp3) is 0.951. The Bertz CT molecular complexity index is 1040. The number of hydrogen-bond acceptors (Lipinski definition) is 6. The Morgan fingerprint density at radius 3 is 0.642 bits per heavy atom. The van der Waals surface area contributed by atoms with E-state index >= 15 is 0 Å². The zero-order valence-electron chi connectivity index (χ0n) is 46.2. The smallest absolute Gasteiger partial charge is 0.306 e. The van der Waals surface area contributed by atoms with Crippen LogP contribution in [0.2, 0.25) is 0 Å². The van der Waals surface area contributed by atoms with Gasteiger partial charge in [-0.05, 0) is 37.0 Å². The third-order valence-corrected chi connectivity index (χ3v) is 13.9. The van der Waals surface area contributed by atoms with E-state index in [9.17, 15) is 14.4 Å². The lowest BCUT2D eigenvalue weighted by atomic mass is 10.0. The van der Waals surface area contributed by atoms with Crippen LogP contribution in [-0.4, -0.2) is 37.2 Å². The van der Waals surface area contributed by atoms with Gasteiger partial charge in [-0.3, -0.25) is 14.4 Å². The number of ether oxygens (including phenoxy) is 3. The summed E-state index contributed by atoms with van der Waals surface area (Å²) in [5.41, 5.74) is 0. The zero-order chi connectivity index (χ0) is 49.1. The zero-order valence-corrected chi connectivity index (χ0v) is 46.2. The van der Waals surface area contributed by atoms with E-state index in [2.05, 4.69) is 41.5 Å². The molecule has 67 heavy (non-hydrogen) atoms. The van der Waals surface area contributed by atoms with Crippen LogP contribution in [0.3, 0.4) is 0 Å². The maximum absolute atomic E-state index is 12.9. The third-order valence-electron chi connectivity index (χ3n) is 13.9. The number of hydrogen-bond donors (Lipinski definition) is 0. The summed E-state index contributed by atoms with van der Waals surface area (Å²) in [5, 5.41) is 0. The summed E-state index contributed by atoms with van der Waals surface area (Å²) in [6.45, 7) is 13.8. The third kappa shape index (κ3) is 55.2. The minimum atomic E-state index is -0.764. The molecule has 0 aromatic carbocycles. The van der Waals surface area contributed by atoms with Crippen LogP contribution >= 0.6 is 0 Å². The van der Waals surface area contributed by atoms with Crippen molar-refractivity contribution in [2.45, 2.75) is 343 Å². The Hall–Kier alpha value is -1.59. The van der Waals surface area contributed by atoms with E-state index in [4.69, 9.17) is 14.2 Å². The van der Waals surface area contributed by atoms with Gasteiger partial charge in [0.2, 0.25) is 0 Å². The molecule has 0 spiro atoms. The van der Waals surface area contributed by atoms with Gasteiger partial charge in [0.05, 0.1) is 0 Å². The quantitative estimate of drug-likeness (QED) is 0.0343. The fourth-order valence-corrected chi connectivity index (χ4v) is 9.35. The van der Waals surface area contributed by atoms with Gasteiger partial charge in [0, 0.05) is 19.3 Å². The maximum atomic E-state index is 12.9. The topological polar surface area (TPSA) is 78.9 Å². The molecule has 0 heterocycles.